The molecule has 1 fully saturated rings. The van der Waals surface area contributed by atoms with Crippen LogP contribution in [0.15, 0.2) is 24.3 Å². The van der Waals surface area contributed by atoms with E-state index < -0.39 is 0 Å². The molecule has 2 heterocycles. The van der Waals surface area contributed by atoms with Crippen LogP contribution in [0, 0.1) is 6.92 Å². The van der Waals surface area contributed by atoms with Gasteiger partial charge < -0.3 is 15.1 Å². The molecule has 3 rings (SSSR count). The molecule has 7 heteroatoms. The average molecular weight is 352 g/mol. The molecular formula is C16H19Cl2N5. The van der Waals surface area contributed by atoms with Crippen LogP contribution in [0.25, 0.3) is 0 Å². The summed E-state index contributed by atoms with van der Waals surface area (Å²) in [6.45, 7) is 5.87. The van der Waals surface area contributed by atoms with E-state index in [0.717, 1.165) is 49.3 Å². The van der Waals surface area contributed by atoms with Crippen LogP contribution in [-0.2, 0) is 0 Å². The average Bonchev–Trinajstić information content (AvgIpc) is 2.50. The van der Waals surface area contributed by atoms with Gasteiger partial charge in [0.05, 0.1) is 10.7 Å². The third-order valence-corrected chi connectivity index (χ3v) is 4.37. The van der Waals surface area contributed by atoms with Gasteiger partial charge in [-0.15, -0.1) is 0 Å². The van der Waals surface area contributed by atoms with Crippen molar-refractivity contribution >= 4 is 40.7 Å². The lowest BCUT2D eigenvalue weighted by molar-refractivity contribution is 0.311. The molecule has 1 aromatic heterocycles. The summed E-state index contributed by atoms with van der Waals surface area (Å²) < 4.78 is 0. The van der Waals surface area contributed by atoms with E-state index in [9.17, 15) is 0 Å². The van der Waals surface area contributed by atoms with Gasteiger partial charge in [-0.1, -0.05) is 23.2 Å². The van der Waals surface area contributed by atoms with Gasteiger partial charge >= 0.3 is 0 Å². The molecule has 1 aliphatic heterocycles. The Morgan fingerprint density at radius 2 is 1.78 bits per heavy atom. The number of hydrogen-bond acceptors (Lipinski definition) is 5. The van der Waals surface area contributed by atoms with Gasteiger partial charge in [0.25, 0.3) is 0 Å². The van der Waals surface area contributed by atoms with Gasteiger partial charge in [0.1, 0.15) is 5.82 Å². The smallest absolute Gasteiger partial charge is 0.227 e. The molecule has 0 atom stereocenters. The van der Waals surface area contributed by atoms with Crippen molar-refractivity contribution in [3.63, 3.8) is 0 Å². The molecule has 1 saturated heterocycles. The number of anilines is 3. The van der Waals surface area contributed by atoms with Crippen LogP contribution in [0.4, 0.5) is 17.5 Å². The number of aryl methyl sites for hydroxylation is 1. The van der Waals surface area contributed by atoms with Crippen molar-refractivity contribution in [3.8, 4) is 0 Å². The Morgan fingerprint density at radius 3 is 2.48 bits per heavy atom. The van der Waals surface area contributed by atoms with E-state index in [0.29, 0.717) is 10.0 Å². The highest BCUT2D eigenvalue weighted by atomic mass is 35.5. The van der Waals surface area contributed by atoms with Crippen molar-refractivity contribution in [1.29, 1.82) is 0 Å². The van der Waals surface area contributed by atoms with Crippen LogP contribution in [0.2, 0.25) is 10.0 Å². The van der Waals surface area contributed by atoms with Crippen molar-refractivity contribution in [2.24, 2.45) is 0 Å². The molecule has 0 aliphatic carbocycles. The fraction of sp³-hybridized carbons (Fsp3) is 0.375. The van der Waals surface area contributed by atoms with E-state index in [2.05, 4.69) is 32.1 Å². The van der Waals surface area contributed by atoms with Crippen molar-refractivity contribution in [3.05, 3.63) is 40.0 Å². The van der Waals surface area contributed by atoms with Crippen molar-refractivity contribution in [2.75, 3.05) is 43.4 Å². The molecule has 122 valence electrons. The molecule has 5 nitrogen and oxygen atoms in total. The first-order valence-corrected chi connectivity index (χ1v) is 8.28. The summed E-state index contributed by atoms with van der Waals surface area (Å²) >= 11 is 12.2. The molecule has 0 saturated carbocycles. The normalized spacial score (nSPS) is 15.7. The lowest BCUT2D eigenvalue weighted by Crippen LogP contribution is -2.45. The standard InChI is InChI=1S/C16H19Cl2N5/c1-11-9-15(20-14-4-3-12(17)10-13(14)18)21-16(19-11)23-7-5-22(2)6-8-23/h3-4,9-10H,5-8H2,1-2H3,(H,19,20,21). The predicted octanol–water partition coefficient (Wildman–Crippen LogP) is 3.59. The van der Waals surface area contributed by atoms with Gasteiger partial charge in [0, 0.05) is 43.0 Å². The number of piperazine rings is 1. The molecule has 1 aliphatic rings. The highest BCUT2D eigenvalue weighted by Gasteiger charge is 2.17. The maximum Gasteiger partial charge on any atom is 0.227 e. The molecule has 0 amide bonds. The number of rotatable bonds is 3. The summed E-state index contributed by atoms with van der Waals surface area (Å²) in [6, 6.07) is 7.26. The van der Waals surface area contributed by atoms with E-state index in [1.54, 1.807) is 12.1 Å². The molecule has 23 heavy (non-hydrogen) atoms. The van der Waals surface area contributed by atoms with Gasteiger partial charge in [-0.3, -0.25) is 0 Å². The van der Waals surface area contributed by atoms with Crippen LogP contribution in [0.5, 0.6) is 0 Å². The molecule has 0 unspecified atom stereocenters. The lowest BCUT2D eigenvalue weighted by atomic mass is 10.3. The fourth-order valence-corrected chi connectivity index (χ4v) is 2.95. The number of benzene rings is 1. The van der Waals surface area contributed by atoms with E-state index in [1.807, 2.05) is 19.1 Å². The Labute approximate surface area is 146 Å². The first kappa shape index (κ1) is 16.3. The highest BCUT2D eigenvalue weighted by Crippen LogP contribution is 2.28. The molecular weight excluding hydrogens is 333 g/mol. The third kappa shape index (κ3) is 4.05. The minimum atomic E-state index is 0.565. The zero-order chi connectivity index (χ0) is 16.4. The second-order valence-electron chi connectivity index (χ2n) is 5.73. The molecule has 0 spiro atoms. The quantitative estimate of drug-likeness (QED) is 0.915. The molecule has 1 N–H and O–H groups in total. The van der Waals surface area contributed by atoms with Gasteiger partial charge in [-0.05, 0) is 32.2 Å². The van der Waals surface area contributed by atoms with Crippen LogP contribution in [0.3, 0.4) is 0 Å². The monoisotopic (exact) mass is 351 g/mol. The minimum absolute atomic E-state index is 0.565. The maximum absolute atomic E-state index is 6.22. The summed E-state index contributed by atoms with van der Waals surface area (Å²) in [4.78, 5) is 13.7. The van der Waals surface area contributed by atoms with Gasteiger partial charge in [0.15, 0.2) is 0 Å². The van der Waals surface area contributed by atoms with E-state index in [1.165, 1.54) is 0 Å². The second kappa shape index (κ2) is 6.91. The van der Waals surface area contributed by atoms with Crippen molar-refractivity contribution < 1.29 is 0 Å². The predicted molar refractivity (Wildman–Crippen MR) is 96.2 cm³/mol. The Bertz CT molecular complexity index is 699. The van der Waals surface area contributed by atoms with Crippen LogP contribution >= 0.6 is 23.2 Å². The SMILES string of the molecule is Cc1cc(Nc2ccc(Cl)cc2Cl)nc(N2CCN(C)CC2)n1. The second-order valence-corrected chi connectivity index (χ2v) is 6.58. The van der Waals surface area contributed by atoms with Crippen molar-refractivity contribution in [2.45, 2.75) is 6.92 Å². The van der Waals surface area contributed by atoms with Gasteiger partial charge in [-0.25, -0.2) is 4.98 Å². The maximum atomic E-state index is 6.22. The summed E-state index contributed by atoms with van der Waals surface area (Å²) in [5.74, 6) is 1.49. The number of hydrogen-bond donors (Lipinski definition) is 1. The Hall–Kier alpha value is -1.56. The van der Waals surface area contributed by atoms with Gasteiger partial charge in [-0.2, -0.15) is 4.98 Å². The van der Waals surface area contributed by atoms with Crippen LogP contribution < -0.4 is 10.2 Å². The molecule has 1 aromatic carbocycles. The summed E-state index contributed by atoms with van der Waals surface area (Å²) in [7, 11) is 2.13. The van der Waals surface area contributed by atoms with Crippen LogP contribution in [-0.4, -0.2) is 48.1 Å². The summed E-state index contributed by atoms with van der Waals surface area (Å²) in [5.41, 5.74) is 1.69. The number of likely N-dealkylation sites (N-methyl/N-ethyl adjacent to an activating group) is 1. The Morgan fingerprint density at radius 1 is 1.04 bits per heavy atom. The van der Waals surface area contributed by atoms with E-state index >= 15 is 0 Å². The highest BCUT2D eigenvalue weighted by molar-refractivity contribution is 6.36. The minimum Gasteiger partial charge on any atom is -0.339 e. The number of aromatic nitrogens is 2. The molecule has 0 bridgehead atoms. The molecule has 2 aromatic rings. The van der Waals surface area contributed by atoms with Crippen molar-refractivity contribution in [1.82, 2.24) is 14.9 Å². The fourth-order valence-electron chi connectivity index (χ4n) is 2.49. The number of nitrogens with zero attached hydrogens (tertiary/aromatic N) is 4. The lowest BCUT2D eigenvalue weighted by Gasteiger charge is -2.32. The summed E-state index contributed by atoms with van der Waals surface area (Å²) in [6.07, 6.45) is 0. The number of nitrogens with one attached hydrogen (secondary N) is 1. The van der Waals surface area contributed by atoms with Gasteiger partial charge in [0.2, 0.25) is 5.95 Å². The topological polar surface area (TPSA) is 44.3 Å². The molecule has 0 radical (unpaired) electrons. The van der Waals surface area contributed by atoms with Crippen LogP contribution in [0.1, 0.15) is 5.69 Å². The van der Waals surface area contributed by atoms with E-state index in [-0.39, 0.29) is 0 Å². The first-order valence-electron chi connectivity index (χ1n) is 7.52. The zero-order valence-corrected chi connectivity index (χ0v) is 14.7. The Balaban J connectivity index is 1.82. The van der Waals surface area contributed by atoms with E-state index in [4.69, 9.17) is 23.2 Å². The summed E-state index contributed by atoms with van der Waals surface area (Å²) in [5, 5.41) is 4.42. The first-order chi connectivity index (χ1) is 11.0. The zero-order valence-electron chi connectivity index (χ0n) is 13.2. The third-order valence-electron chi connectivity index (χ3n) is 3.82. The number of halogens is 2. The largest absolute Gasteiger partial charge is 0.339 e. The Kier molecular flexibility index (Phi) is 4.90.